The number of ether oxygens (including phenoxy) is 2. The van der Waals surface area contributed by atoms with E-state index in [0.717, 1.165) is 5.56 Å². The van der Waals surface area contributed by atoms with Crippen LogP contribution in [0.25, 0.3) is 0 Å². The molecular formula is C19H20N5O3-. The molecule has 0 spiro atoms. The molecule has 2 aromatic carbocycles. The van der Waals surface area contributed by atoms with Gasteiger partial charge in [-0.15, -0.1) is 0 Å². The molecule has 0 bridgehead atoms. The summed E-state index contributed by atoms with van der Waals surface area (Å²) in [5.74, 6) is 0.673. The average molecular weight is 366 g/mol. The fourth-order valence-corrected chi connectivity index (χ4v) is 2.70. The molecule has 8 nitrogen and oxygen atoms in total. The molecule has 0 aliphatic heterocycles. The van der Waals surface area contributed by atoms with Gasteiger partial charge in [0, 0.05) is 5.82 Å². The van der Waals surface area contributed by atoms with Gasteiger partial charge in [-0.25, -0.2) is 0 Å². The summed E-state index contributed by atoms with van der Waals surface area (Å²) in [7, 11) is 1.60. The highest BCUT2D eigenvalue weighted by Crippen LogP contribution is 2.27. The second-order valence-electron chi connectivity index (χ2n) is 5.76. The molecule has 1 atom stereocenters. The number of carbonyl (C=O) groups is 1. The standard InChI is InChI=1S/C19H21N5O3/c1-3-27-17-10-5-4-9-16(17)20-19(25)15(18-21-23-24-22-18)12-13-7-6-8-14(11-13)26-2/h4-11,15H,3,12H2,1-2H3,(H2,20,21,22,23,24,25)/p-1/t15-/m1/s1. The number of para-hydroxylation sites is 2. The summed E-state index contributed by atoms with van der Waals surface area (Å²) in [6.07, 6.45) is 0.382. The molecule has 0 unspecified atom stereocenters. The van der Waals surface area contributed by atoms with Crippen molar-refractivity contribution in [1.82, 2.24) is 20.6 Å². The van der Waals surface area contributed by atoms with Crippen LogP contribution in [0.1, 0.15) is 24.2 Å². The number of anilines is 1. The van der Waals surface area contributed by atoms with E-state index in [1.54, 1.807) is 19.2 Å². The van der Waals surface area contributed by atoms with Crippen molar-refractivity contribution >= 4 is 11.6 Å². The van der Waals surface area contributed by atoms with Crippen molar-refractivity contribution in [2.45, 2.75) is 19.3 Å². The van der Waals surface area contributed by atoms with E-state index in [1.807, 2.05) is 43.3 Å². The zero-order valence-electron chi connectivity index (χ0n) is 15.1. The molecule has 8 heteroatoms. The third kappa shape index (κ3) is 4.60. The van der Waals surface area contributed by atoms with Gasteiger partial charge in [-0.3, -0.25) is 15.1 Å². The number of amides is 1. The second-order valence-corrected chi connectivity index (χ2v) is 5.76. The molecule has 0 saturated heterocycles. The number of nitrogens with one attached hydrogen (secondary N) is 1. The average Bonchev–Trinajstić information content (AvgIpc) is 3.22. The summed E-state index contributed by atoms with van der Waals surface area (Å²) in [5.41, 5.74) is 1.50. The normalized spacial score (nSPS) is 11.6. The van der Waals surface area contributed by atoms with Crippen LogP contribution in [-0.2, 0) is 11.2 Å². The third-order valence-electron chi connectivity index (χ3n) is 3.98. The monoisotopic (exact) mass is 366 g/mol. The van der Waals surface area contributed by atoms with Gasteiger partial charge in [-0.1, -0.05) is 24.3 Å². The number of hydrogen-bond acceptors (Lipinski definition) is 6. The van der Waals surface area contributed by atoms with E-state index < -0.39 is 5.92 Å². The molecular weight excluding hydrogens is 346 g/mol. The van der Waals surface area contributed by atoms with Gasteiger partial charge in [-0.05, 0) is 43.2 Å². The summed E-state index contributed by atoms with van der Waals surface area (Å²) in [5, 5.41) is 17.7. The van der Waals surface area contributed by atoms with Gasteiger partial charge in [0.15, 0.2) is 0 Å². The van der Waals surface area contributed by atoms with Crippen LogP contribution in [0.4, 0.5) is 5.69 Å². The molecule has 27 heavy (non-hydrogen) atoms. The minimum atomic E-state index is -0.651. The molecule has 0 radical (unpaired) electrons. The quantitative estimate of drug-likeness (QED) is 0.652. The number of tetrazole rings is 1. The van der Waals surface area contributed by atoms with Gasteiger partial charge in [0.2, 0.25) is 5.91 Å². The lowest BCUT2D eigenvalue weighted by molar-refractivity contribution is -0.117. The minimum absolute atomic E-state index is 0.264. The molecule has 0 aliphatic rings. The van der Waals surface area contributed by atoms with Crippen LogP contribution in [0.2, 0.25) is 0 Å². The van der Waals surface area contributed by atoms with Crippen molar-refractivity contribution < 1.29 is 14.3 Å². The lowest BCUT2D eigenvalue weighted by Crippen LogP contribution is -2.25. The fraction of sp³-hybridized carbons (Fsp3) is 0.263. The topological polar surface area (TPSA) is 100 Å². The zero-order chi connectivity index (χ0) is 19.1. The van der Waals surface area contributed by atoms with Crippen LogP contribution in [0, 0.1) is 0 Å². The van der Waals surface area contributed by atoms with E-state index in [-0.39, 0.29) is 11.7 Å². The maximum absolute atomic E-state index is 13.0. The smallest absolute Gasteiger partial charge is 0.232 e. The highest BCUT2D eigenvalue weighted by molar-refractivity contribution is 5.96. The lowest BCUT2D eigenvalue weighted by atomic mass is 9.97. The molecule has 1 aromatic heterocycles. The number of benzene rings is 2. The first-order chi connectivity index (χ1) is 13.2. The van der Waals surface area contributed by atoms with Crippen LogP contribution in [0.3, 0.4) is 0 Å². The number of rotatable bonds is 8. The zero-order valence-corrected chi connectivity index (χ0v) is 15.1. The van der Waals surface area contributed by atoms with Crippen LogP contribution in [0.5, 0.6) is 11.5 Å². The Morgan fingerprint density at radius 3 is 2.81 bits per heavy atom. The fourth-order valence-electron chi connectivity index (χ4n) is 2.70. The molecule has 3 aromatic rings. The second kappa shape index (κ2) is 8.79. The maximum Gasteiger partial charge on any atom is 0.232 e. The van der Waals surface area contributed by atoms with Crippen molar-refractivity contribution in [3.05, 3.63) is 59.9 Å². The molecule has 1 N–H and O–H groups in total. The Hall–Kier alpha value is -3.42. The SMILES string of the molecule is CCOc1ccccc1NC(=O)[C@H](Cc1cccc(OC)c1)c1nnn[n-]1. The van der Waals surface area contributed by atoms with Gasteiger partial charge >= 0.3 is 0 Å². The Bertz CT molecular complexity index is 883. The van der Waals surface area contributed by atoms with E-state index in [4.69, 9.17) is 9.47 Å². The van der Waals surface area contributed by atoms with Gasteiger partial charge in [0.1, 0.15) is 11.5 Å². The number of hydrogen-bond donors (Lipinski definition) is 1. The molecule has 140 valence electrons. The minimum Gasteiger partial charge on any atom is -0.497 e. The highest BCUT2D eigenvalue weighted by atomic mass is 16.5. The van der Waals surface area contributed by atoms with Crippen molar-refractivity contribution in [3.63, 3.8) is 0 Å². The van der Waals surface area contributed by atoms with Crippen LogP contribution in [-0.4, -0.2) is 35.1 Å². The van der Waals surface area contributed by atoms with Crippen molar-refractivity contribution in [3.8, 4) is 11.5 Å². The number of nitrogens with zero attached hydrogens (tertiary/aromatic N) is 4. The van der Waals surface area contributed by atoms with Gasteiger partial charge in [0.05, 0.1) is 25.3 Å². The summed E-state index contributed by atoms with van der Waals surface area (Å²) in [4.78, 5) is 13.0. The molecule has 1 heterocycles. The Morgan fingerprint density at radius 1 is 1.22 bits per heavy atom. The van der Waals surface area contributed by atoms with Crippen molar-refractivity contribution in [1.29, 1.82) is 0 Å². The number of methoxy groups -OCH3 is 1. The molecule has 3 rings (SSSR count). The largest absolute Gasteiger partial charge is 0.497 e. The van der Waals surface area contributed by atoms with Gasteiger partial charge in [-0.2, -0.15) is 5.21 Å². The summed E-state index contributed by atoms with van der Waals surface area (Å²) in [6.45, 7) is 2.39. The van der Waals surface area contributed by atoms with E-state index in [2.05, 4.69) is 25.9 Å². The highest BCUT2D eigenvalue weighted by Gasteiger charge is 2.22. The van der Waals surface area contributed by atoms with E-state index in [0.29, 0.717) is 30.2 Å². The molecule has 0 aliphatic carbocycles. The van der Waals surface area contributed by atoms with E-state index in [1.165, 1.54) is 0 Å². The first-order valence-corrected chi connectivity index (χ1v) is 8.55. The van der Waals surface area contributed by atoms with Crippen LogP contribution >= 0.6 is 0 Å². The molecule has 0 saturated carbocycles. The Morgan fingerprint density at radius 2 is 2.07 bits per heavy atom. The van der Waals surface area contributed by atoms with Crippen molar-refractivity contribution in [2.75, 3.05) is 19.0 Å². The number of aromatic nitrogens is 4. The third-order valence-corrected chi connectivity index (χ3v) is 3.98. The first kappa shape index (κ1) is 18.4. The predicted molar refractivity (Wildman–Crippen MR) is 98.8 cm³/mol. The van der Waals surface area contributed by atoms with Crippen molar-refractivity contribution in [2.24, 2.45) is 0 Å². The van der Waals surface area contributed by atoms with Crippen LogP contribution in [0.15, 0.2) is 48.5 Å². The summed E-state index contributed by atoms with van der Waals surface area (Å²) in [6, 6.07) is 14.8. The summed E-state index contributed by atoms with van der Waals surface area (Å²) < 4.78 is 10.8. The maximum atomic E-state index is 13.0. The van der Waals surface area contributed by atoms with Crippen LogP contribution < -0.4 is 19.9 Å². The molecule has 1 amide bonds. The summed E-state index contributed by atoms with van der Waals surface area (Å²) >= 11 is 0. The first-order valence-electron chi connectivity index (χ1n) is 8.55. The predicted octanol–water partition coefficient (Wildman–Crippen LogP) is 2.20. The Kier molecular flexibility index (Phi) is 5.98. The Labute approximate surface area is 156 Å². The van der Waals surface area contributed by atoms with E-state index in [9.17, 15) is 4.79 Å². The molecule has 0 fully saturated rings. The van der Waals surface area contributed by atoms with Gasteiger partial charge in [0.25, 0.3) is 0 Å². The Balaban J connectivity index is 1.84. The van der Waals surface area contributed by atoms with E-state index >= 15 is 0 Å². The number of carbonyl (C=O) groups excluding carboxylic acids is 1. The lowest BCUT2D eigenvalue weighted by Gasteiger charge is -2.18. The van der Waals surface area contributed by atoms with Gasteiger partial charge < -0.3 is 19.9 Å².